The predicted octanol–water partition coefficient (Wildman–Crippen LogP) is 5.32. The summed E-state index contributed by atoms with van der Waals surface area (Å²) in [6.45, 7) is 19.1. The van der Waals surface area contributed by atoms with Crippen molar-refractivity contribution in [2.75, 3.05) is 4.90 Å². The molecule has 114 valence electrons. The average molecular weight is 284 g/mol. The van der Waals surface area contributed by atoms with Crippen molar-refractivity contribution < 1.29 is 0 Å². The first-order valence-electron chi connectivity index (χ1n) is 7.87. The van der Waals surface area contributed by atoms with E-state index in [1.165, 1.54) is 16.8 Å². The highest BCUT2D eigenvalue weighted by Gasteiger charge is 2.28. The van der Waals surface area contributed by atoms with Crippen molar-refractivity contribution >= 4 is 5.69 Å². The Morgan fingerprint density at radius 1 is 0.905 bits per heavy atom. The van der Waals surface area contributed by atoms with Crippen LogP contribution in [-0.4, -0.2) is 10.4 Å². The summed E-state index contributed by atoms with van der Waals surface area (Å²) in [5, 5.41) is 0. The highest BCUT2D eigenvalue weighted by molar-refractivity contribution is 5.65. The van der Waals surface area contributed by atoms with Crippen LogP contribution in [0.5, 0.6) is 0 Å². The van der Waals surface area contributed by atoms with Crippen LogP contribution in [0, 0.1) is 6.67 Å². The van der Waals surface area contributed by atoms with Gasteiger partial charge in [0.15, 0.2) is 0 Å². The van der Waals surface area contributed by atoms with E-state index < -0.39 is 0 Å². The molecule has 0 spiro atoms. The minimum Gasteiger partial charge on any atom is -0.341 e. The average Bonchev–Trinajstić information content (AvgIpc) is 2.86. The Balaban J connectivity index is 2.42. The predicted molar refractivity (Wildman–Crippen MR) is 91.1 cm³/mol. The van der Waals surface area contributed by atoms with Crippen molar-refractivity contribution in [3.63, 3.8) is 0 Å². The van der Waals surface area contributed by atoms with Gasteiger partial charge in [0, 0.05) is 17.9 Å². The van der Waals surface area contributed by atoms with Gasteiger partial charge in [-0.25, -0.2) is 0 Å². The molecule has 0 N–H and O–H groups in total. The molecular weight excluding hydrogens is 256 g/mol. The third kappa shape index (κ3) is 3.25. The molecular formula is C19H28N2. The summed E-state index contributed by atoms with van der Waals surface area (Å²) in [6.07, 6.45) is 4.24. The molecule has 21 heavy (non-hydrogen) atoms. The van der Waals surface area contributed by atoms with Gasteiger partial charge in [0.05, 0.1) is 5.69 Å². The quantitative estimate of drug-likeness (QED) is 0.741. The fourth-order valence-corrected chi connectivity index (χ4v) is 2.60. The van der Waals surface area contributed by atoms with Crippen molar-refractivity contribution in [3.05, 3.63) is 48.4 Å². The van der Waals surface area contributed by atoms with Crippen molar-refractivity contribution in [1.29, 1.82) is 0 Å². The van der Waals surface area contributed by atoms with Crippen molar-refractivity contribution in [1.82, 2.24) is 4.90 Å². The van der Waals surface area contributed by atoms with Crippen LogP contribution in [0.2, 0.25) is 0 Å². The van der Waals surface area contributed by atoms with Gasteiger partial charge in [0.25, 0.3) is 0 Å². The summed E-state index contributed by atoms with van der Waals surface area (Å²) >= 11 is 0. The highest BCUT2D eigenvalue weighted by Crippen LogP contribution is 2.38. The van der Waals surface area contributed by atoms with Gasteiger partial charge in [0.2, 0.25) is 6.67 Å². The first-order valence-corrected chi connectivity index (χ1v) is 7.87. The van der Waals surface area contributed by atoms with Crippen molar-refractivity contribution in [3.8, 4) is 0 Å². The molecule has 0 bridgehead atoms. The monoisotopic (exact) mass is 284 g/mol. The number of benzene rings is 1. The molecule has 0 aliphatic carbocycles. The SMILES string of the molecule is CC(C)c1cccc(C(C)C)c1N1[C]N(C(C)(C)C)C=C1. The standard InChI is InChI=1S/C19H28N2/c1-14(2)16-9-8-10-17(15(3)4)18(16)20-11-12-21(13-20)19(5,6)7/h8-12,14-15H,1-7H3. The topological polar surface area (TPSA) is 6.48 Å². The zero-order valence-electron chi connectivity index (χ0n) is 14.4. The third-order valence-electron chi connectivity index (χ3n) is 3.89. The lowest BCUT2D eigenvalue weighted by Crippen LogP contribution is -2.36. The molecule has 1 aliphatic heterocycles. The normalized spacial score (nSPS) is 15.7. The maximum atomic E-state index is 3.49. The lowest BCUT2D eigenvalue weighted by atomic mass is 9.92. The van der Waals surface area contributed by atoms with Crippen LogP contribution in [-0.2, 0) is 0 Å². The zero-order chi connectivity index (χ0) is 15.8. The fraction of sp³-hybridized carbons (Fsp3) is 0.526. The number of hydrogen-bond acceptors (Lipinski definition) is 2. The van der Waals surface area contributed by atoms with E-state index in [1.807, 2.05) is 0 Å². The van der Waals surface area contributed by atoms with Gasteiger partial charge in [-0.1, -0.05) is 45.9 Å². The lowest BCUT2D eigenvalue weighted by Gasteiger charge is -2.33. The molecule has 1 aliphatic rings. The van der Waals surface area contributed by atoms with Crippen molar-refractivity contribution in [2.45, 2.75) is 65.8 Å². The smallest absolute Gasteiger partial charge is 0.213 e. The molecule has 0 amide bonds. The molecule has 1 aromatic rings. The number of para-hydroxylation sites is 1. The summed E-state index contributed by atoms with van der Waals surface area (Å²) in [4.78, 5) is 4.31. The lowest BCUT2D eigenvalue weighted by molar-refractivity contribution is 0.259. The fourth-order valence-electron chi connectivity index (χ4n) is 2.60. The summed E-state index contributed by atoms with van der Waals surface area (Å²) in [5.41, 5.74) is 4.12. The van der Waals surface area contributed by atoms with E-state index >= 15 is 0 Å². The van der Waals surface area contributed by atoms with E-state index in [2.05, 4.69) is 95.5 Å². The Kier molecular flexibility index (Phi) is 4.36. The molecule has 2 rings (SSSR count). The second kappa shape index (κ2) is 5.75. The maximum absolute atomic E-state index is 3.49. The van der Waals surface area contributed by atoms with Gasteiger partial charge >= 0.3 is 0 Å². The number of anilines is 1. The minimum absolute atomic E-state index is 0.0516. The molecule has 0 saturated heterocycles. The molecule has 0 atom stereocenters. The first-order chi connectivity index (χ1) is 9.71. The Morgan fingerprint density at radius 2 is 1.43 bits per heavy atom. The zero-order valence-corrected chi connectivity index (χ0v) is 14.4. The van der Waals surface area contributed by atoms with Crippen molar-refractivity contribution in [2.24, 2.45) is 0 Å². The molecule has 2 radical (unpaired) electrons. The van der Waals surface area contributed by atoms with E-state index in [-0.39, 0.29) is 5.54 Å². The van der Waals surface area contributed by atoms with E-state index in [4.69, 9.17) is 0 Å². The minimum atomic E-state index is 0.0516. The van der Waals surface area contributed by atoms with Gasteiger partial charge in [-0.3, -0.25) is 0 Å². The second-order valence-electron chi connectivity index (χ2n) is 7.40. The molecule has 0 aromatic heterocycles. The number of hydrogen-bond donors (Lipinski definition) is 0. The summed E-state index contributed by atoms with van der Waals surface area (Å²) < 4.78 is 0. The van der Waals surface area contributed by atoms with E-state index in [9.17, 15) is 0 Å². The molecule has 1 heterocycles. The van der Waals surface area contributed by atoms with E-state index in [0.717, 1.165) is 0 Å². The molecule has 0 fully saturated rings. The van der Waals surface area contributed by atoms with Crippen LogP contribution in [0.3, 0.4) is 0 Å². The van der Waals surface area contributed by atoms with Gasteiger partial charge in [-0.05, 0) is 43.7 Å². The molecule has 2 nitrogen and oxygen atoms in total. The van der Waals surface area contributed by atoms with E-state index in [1.54, 1.807) is 0 Å². The van der Waals surface area contributed by atoms with Crippen LogP contribution in [0.1, 0.15) is 71.4 Å². The molecule has 1 aromatic carbocycles. The van der Waals surface area contributed by atoms with Gasteiger partial charge in [-0.2, -0.15) is 0 Å². The van der Waals surface area contributed by atoms with Crippen LogP contribution in [0.25, 0.3) is 0 Å². The molecule has 0 unspecified atom stereocenters. The van der Waals surface area contributed by atoms with Gasteiger partial charge < -0.3 is 9.80 Å². The highest BCUT2D eigenvalue weighted by atomic mass is 15.4. The Hall–Kier alpha value is -1.44. The van der Waals surface area contributed by atoms with Crippen LogP contribution in [0.4, 0.5) is 5.69 Å². The summed E-state index contributed by atoms with van der Waals surface area (Å²) in [6, 6.07) is 6.65. The summed E-state index contributed by atoms with van der Waals surface area (Å²) in [7, 11) is 0. The van der Waals surface area contributed by atoms with Gasteiger partial charge in [0.1, 0.15) is 0 Å². The molecule has 0 saturated carbocycles. The Morgan fingerprint density at radius 3 is 1.81 bits per heavy atom. The Bertz CT molecular complexity index is 495. The maximum Gasteiger partial charge on any atom is 0.213 e. The number of rotatable bonds is 3. The second-order valence-corrected chi connectivity index (χ2v) is 7.40. The Labute approximate surface area is 130 Å². The van der Waals surface area contributed by atoms with Gasteiger partial charge in [-0.15, -0.1) is 0 Å². The molecule has 2 heteroatoms. The van der Waals surface area contributed by atoms with Crippen LogP contribution in [0.15, 0.2) is 30.6 Å². The third-order valence-corrected chi connectivity index (χ3v) is 3.89. The van der Waals surface area contributed by atoms with Crippen LogP contribution < -0.4 is 4.90 Å². The summed E-state index contributed by atoms with van der Waals surface area (Å²) in [5.74, 6) is 0.996. The van der Waals surface area contributed by atoms with E-state index in [0.29, 0.717) is 11.8 Å². The van der Waals surface area contributed by atoms with Crippen LogP contribution >= 0.6 is 0 Å². The number of nitrogens with zero attached hydrogens (tertiary/aromatic N) is 2. The first kappa shape index (κ1) is 15.9. The largest absolute Gasteiger partial charge is 0.341 e.